The van der Waals surface area contributed by atoms with Crippen LogP contribution in [0.3, 0.4) is 0 Å². The fourth-order valence-corrected chi connectivity index (χ4v) is 2.59. The van der Waals surface area contributed by atoms with E-state index < -0.39 is 5.54 Å². The second-order valence-electron chi connectivity index (χ2n) is 5.29. The molecule has 1 aromatic carbocycles. The van der Waals surface area contributed by atoms with Crippen LogP contribution in [0.2, 0.25) is 0 Å². The molecule has 1 fully saturated rings. The molecule has 1 aliphatic heterocycles. The van der Waals surface area contributed by atoms with Crippen molar-refractivity contribution in [1.29, 1.82) is 0 Å². The Bertz CT molecular complexity index is 459. The van der Waals surface area contributed by atoms with E-state index in [2.05, 4.69) is 10.6 Å². The van der Waals surface area contributed by atoms with Crippen LogP contribution in [0.1, 0.15) is 26.2 Å². The summed E-state index contributed by atoms with van der Waals surface area (Å²) >= 11 is 0. The van der Waals surface area contributed by atoms with Gasteiger partial charge in [0.05, 0.1) is 12.1 Å². The number of ether oxygens (including phenoxy) is 2. The maximum Gasteiger partial charge on any atom is 0.244 e. The van der Waals surface area contributed by atoms with E-state index >= 15 is 0 Å². The van der Waals surface area contributed by atoms with E-state index in [1.165, 1.54) is 0 Å². The van der Waals surface area contributed by atoms with Gasteiger partial charge in [0.1, 0.15) is 12.4 Å². The van der Waals surface area contributed by atoms with Crippen molar-refractivity contribution in [3.63, 3.8) is 0 Å². The number of nitrogens with one attached hydrogen (secondary N) is 2. The van der Waals surface area contributed by atoms with Gasteiger partial charge in [-0.2, -0.15) is 0 Å². The van der Waals surface area contributed by atoms with Crippen molar-refractivity contribution >= 4 is 24.0 Å². The average Bonchev–Trinajstić information content (AvgIpc) is 2.99. The molecule has 22 heavy (non-hydrogen) atoms. The van der Waals surface area contributed by atoms with Crippen molar-refractivity contribution < 1.29 is 14.3 Å². The monoisotopic (exact) mass is 328 g/mol. The predicted molar refractivity (Wildman–Crippen MR) is 89.9 cm³/mol. The highest BCUT2D eigenvalue weighted by atomic mass is 35.5. The lowest BCUT2D eigenvalue weighted by Crippen LogP contribution is -2.50. The molecule has 6 heteroatoms. The Balaban J connectivity index is 0.00000242. The van der Waals surface area contributed by atoms with Gasteiger partial charge in [-0.3, -0.25) is 4.79 Å². The van der Waals surface area contributed by atoms with E-state index in [1.807, 2.05) is 31.2 Å². The highest BCUT2D eigenvalue weighted by Crippen LogP contribution is 2.25. The smallest absolute Gasteiger partial charge is 0.244 e. The van der Waals surface area contributed by atoms with Gasteiger partial charge in [-0.25, -0.2) is 0 Å². The summed E-state index contributed by atoms with van der Waals surface area (Å²) < 4.78 is 10.4. The molecule has 0 aromatic heterocycles. The Hall–Kier alpha value is -1.30. The highest BCUT2D eigenvalue weighted by molar-refractivity contribution is 5.98. The lowest BCUT2D eigenvalue weighted by atomic mass is 9.93. The zero-order valence-electron chi connectivity index (χ0n) is 13.2. The van der Waals surface area contributed by atoms with Gasteiger partial charge < -0.3 is 20.1 Å². The SMILES string of the molecule is CCC1(C(=O)Nc2ccc(OCCOC)cc2)CCCN1.Cl. The van der Waals surface area contributed by atoms with E-state index in [0.717, 1.165) is 37.2 Å². The molecule has 1 aliphatic rings. The molecule has 0 radical (unpaired) electrons. The number of rotatable bonds is 7. The molecule has 1 amide bonds. The summed E-state index contributed by atoms with van der Waals surface area (Å²) in [6.45, 7) is 4.03. The van der Waals surface area contributed by atoms with Crippen LogP contribution < -0.4 is 15.4 Å². The maximum absolute atomic E-state index is 12.4. The minimum absolute atomic E-state index is 0. The number of benzene rings is 1. The molecule has 124 valence electrons. The van der Waals surface area contributed by atoms with Gasteiger partial charge in [0.2, 0.25) is 5.91 Å². The lowest BCUT2D eigenvalue weighted by Gasteiger charge is -2.26. The molecule has 2 rings (SSSR count). The van der Waals surface area contributed by atoms with E-state index in [-0.39, 0.29) is 18.3 Å². The van der Waals surface area contributed by atoms with Gasteiger partial charge in [0, 0.05) is 12.8 Å². The van der Waals surface area contributed by atoms with Gasteiger partial charge in [-0.05, 0) is 50.1 Å². The van der Waals surface area contributed by atoms with Crippen LogP contribution in [0.25, 0.3) is 0 Å². The van der Waals surface area contributed by atoms with Crippen LogP contribution in [-0.4, -0.2) is 38.3 Å². The standard InChI is InChI=1S/C16H24N2O3.ClH/c1-3-16(9-4-10-17-16)15(19)18-13-5-7-14(8-6-13)21-12-11-20-2;/h5-8,17H,3-4,9-12H2,1-2H3,(H,18,19);1H. The molecule has 0 bridgehead atoms. The van der Waals surface area contributed by atoms with Crippen molar-refractivity contribution in [3.8, 4) is 5.75 Å². The Morgan fingerprint density at radius 1 is 1.32 bits per heavy atom. The molecule has 1 unspecified atom stereocenters. The molecule has 1 aromatic rings. The normalized spacial score (nSPS) is 20.3. The van der Waals surface area contributed by atoms with Crippen LogP contribution >= 0.6 is 12.4 Å². The number of carbonyl (C=O) groups excluding carboxylic acids is 1. The Morgan fingerprint density at radius 3 is 2.59 bits per heavy atom. The molecular formula is C16H25ClN2O3. The number of carbonyl (C=O) groups is 1. The second-order valence-corrected chi connectivity index (χ2v) is 5.29. The van der Waals surface area contributed by atoms with Gasteiger partial charge >= 0.3 is 0 Å². The summed E-state index contributed by atoms with van der Waals surface area (Å²) in [6.07, 6.45) is 2.75. The van der Waals surface area contributed by atoms with Crippen LogP contribution in [0, 0.1) is 0 Å². The molecule has 0 saturated carbocycles. The lowest BCUT2D eigenvalue weighted by molar-refractivity contribution is -0.122. The van der Waals surface area contributed by atoms with Gasteiger partial charge in [-0.15, -0.1) is 12.4 Å². The van der Waals surface area contributed by atoms with Crippen molar-refractivity contribution in [3.05, 3.63) is 24.3 Å². The summed E-state index contributed by atoms with van der Waals surface area (Å²) in [5.74, 6) is 0.824. The van der Waals surface area contributed by atoms with Gasteiger partial charge in [-0.1, -0.05) is 6.92 Å². The zero-order valence-corrected chi connectivity index (χ0v) is 14.0. The molecule has 5 nitrogen and oxygen atoms in total. The summed E-state index contributed by atoms with van der Waals surface area (Å²) in [4.78, 5) is 12.4. The fraction of sp³-hybridized carbons (Fsp3) is 0.562. The van der Waals surface area contributed by atoms with Crippen molar-refractivity contribution in [2.75, 3.05) is 32.2 Å². The Morgan fingerprint density at radius 2 is 2.05 bits per heavy atom. The average molecular weight is 329 g/mol. The van der Waals surface area contributed by atoms with Crippen molar-refractivity contribution in [2.45, 2.75) is 31.7 Å². The first-order valence-corrected chi connectivity index (χ1v) is 7.48. The number of anilines is 1. The summed E-state index contributed by atoms with van der Waals surface area (Å²) in [5.41, 5.74) is 0.383. The third-order valence-electron chi connectivity index (χ3n) is 3.95. The third kappa shape index (κ3) is 4.60. The van der Waals surface area contributed by atoms with Crippen molar-refractivity contribution in [2.24, 2.45) is 0 Å². The topological polar surface area (TPSA) is 59.6 Å². The summed E-state index contributed by atoms with van der Waals surface area (Å²) in [7, 11) is 1.64. The molecule has 2 N–H and O–H groups in total. The number of amides is 1. The second kappa shape index (κ2) is 8.98. The van der Waals surface area contributed by atoms with E-state index in [0.29, 0.717) is 13.2 Å². The molecule has 1 heterocycles. The first-order chi connectivity index (χ1) is 10.2. The number of halogens is 1. The minimum atomic E-state index is -0.409. The summed E-state index contributed by atoms with van der Waals surface area (Å²) in [6, 6.07) is 7.43. The van der Waals surface area contributed by atoms with Gasteiger partial charge in [0.25, 0.3) is 0 Å². The largest absolute Gasteiger partial charge is 0.491 e. The van der Waals surface area contributed by atoms with Crippen LogP contribution in [0.4, 0.5) is 5.69 Å². The maximum atomic E-state index is 12.4. The Kier molecular flexibility index (Phi) is 7.65. The van der Waals surface area contributed by atoms with Crippen LogP contribution in [0.5, 0.6) is 5.75 Å². The van der Waals surface area contributed by atoms with E-state index in [1.54, 1.807) is 7.11 Å². The number of hydrogen-bond donors (Lipinski definition) is 2. The molecule has 0 spiro atoms. The molecule has 0 aliphatic carbocycles. The molecule has 1 atom stereocenters. The third-order valence-corrected chi connectivity index (χ3v) is 3.95. The number of methoxy groups -OCH3 is 1. The minimum Gasteiger partial charge on any atom is -0.491 e. The van der Waals surface area contributed by atoms with Crippen LogP contribution in [0.15, 0.2) is 24.3 Å². The van der Waals surface area contributed by atoms with Gasteiger partial charge in [0.15, 0.2) is 0 Å². The molecular weight excluding hydrogens is 304 g/mol. The Labute approximate surface area is 138 Å². The first-order valence-electron chi connectivity index (χ1n) is 7.48. The first kappa shape index (κ1) is 18.7. The quantitative estimate of drug-likeness (QED) is 0.755. The van der Waals surface area contributed by atoms with E-state index in [4.69, 9.17) is 9.47 Å². The van der Waals surface area contributed by atoms with Crippen LogP contribution in [-0.2, 0) is 9.53 Å². The number of hydrogen-bond acceptors (Lipinski definition) is 4. The predicted octanol–water partition coefficient (Wildman–Crippen LogP) is 2.60. The van der Waals surface area contributed by atoms with E-state index in [9.17, 15) is 4.79 Å². The van der Waals surface area contributed by atoms with Crippen molar-refractivity contribution in [1.82, 2.24) is 5.32 Å². The fourth-order valence-electron chi connectivity index (χ4n) is 2.59. The summed E-state index contributed by atoms with van der Waals surface area (Å²) in [5, 5.41) is 6.32. The highest BCUT2D eigenvalue weighted by Gasteiger charge is 2.38. The zero-order chi connectivity index (χ0) is 15.1. The molecule has 1 saturated heterocycles.